The molecule has 0 radical (unpaired) electrons. The maximum atomic E-state index is 12.3. The molecule has 2 aromatic rings. The molecule has 20 heavy (non-hydrogen) atoms. The highest BCUT2D eigenvalue weighted by atomic mass is 79.9. The van der Waals surface area contributed by atoms with Crippen LogP contribution in [0.3, 0.4) is 0 Å². The summed E-state index contributed by atoms with van der Waals surface area (Å²) in [6, 6.07) is 7.06. The fraction of sp³-hybridized carbons (Fsp3) is 0.308. The van der Waals surface area contributed by atoms with E-state index in [2.05, 4.69) is 25.6 Å². The Balaban J connectivity index is 2.31. The van der Waals surface area contributed by atoms with Crippen molar-refractivity contribution in [3.63, 3.8) is 0 Å². The summed E-state index contributed by atoms with van der Waals surface area (Å²) >= 11 is 3.31. The molecule has 0 aliphatic carbocycles. The highest BCUT2D eigenvalue weighted by molar-refractivity contribution is 9.10. The predicted octanol–water partition coefficient (Wildman–Crippen LogP) is 3.16. The first kappa shape index (κ1) is 15.1. The smallest absolute Gasteiger partial charge is 0.280 e. The van der Waals surface area contributed by atoms with Crippen LogP contribution in [0.5, 0.6) is 0 Å². The molecule has 7 heteroatoms. The molecule has 1 aromatic carbocycles. The maximum Gasteiger partial charge on any atom is 0.280 e. The van der Waals surface area contributed by atoms with Gasteiger partial charge in [0.15, 0.2) is 5.03 Å². The van der Waals surface area contributed by atoms with Crippen LogP contribution in [0.4, 0.5) is 5.69 Å². The molecule has 0 amide bonds. The Morgan fingerprint density at radius 2 is 2.05 bits per heavy atom. The van der Waals surface area contributed by atoms with E-state index in [1.807, 2.05) is 17.6 Å². The highest BCUT2D eigenvalue weighted by Gasteiger charge is 2.20. The second kappa shape index (κ2) is 5.97. The Morgan fingerprint density at radius 3 is 2.70 bits per heavy atom. The monoisotopic (exact) mass is 357 g/mol. The van der Waals surface area contributed by atoms with Gasteiger partial charge in [0.05, 0.1) is 5.69 Å². The molecule has 0 aliphatic rings. The number of anilines is 1. The summed E-state index contributed by atoms with van der Waals surface area (Å²) in [6.07, 6.45) is 2.49. The molecule has 2 rings (SSSR count). The van der Waals surface area contributed by atoms with Gasteiger partial charge in [-0.25, -0.2) is 4.98 Å². The Kier molecular flexibility index (Phi) is 4.49. The van der Waals surface area contributed by atoms with Crippen molar-refractivity contribution < 1.29 is 8.42 Å². The average molecular weight is 358 g/mol. The third-order valence-electron chi connectivity index (χ3n) is 2.81. The number of aryl methyl sites for hydroxylation is 2. The summed E-state index contributed by atoms with van der Waals surface area (Å²) in [5.74, 6) is 0.694. The molecule has 0 spiro atoms. The zero-order chi connectivity index (χ0) is 14.8. The number of nitrogens with one attached hydrogen (secondary N) is 1. The molecular weight excluding hydrogens is 342 g/mol. The van der Waals surface area contributed by atoms with Crippen LogP contribution in [-0.2, 0) is 16.6 Å². The molecule has 0 aliphatic heterocycles. The third kappa shape index (κ3) is 3.21. The molecule has 1 N–H and O–H groups in total. The molecule has 0 saturated carbocycles. The normalized spacial score (nSPS) is 11.6. The van der Waals surface area contributed by atoms with Gasteiger partial charge >= 0.3 is 0 Å². The molecular formula is C13H16BrN3O2S. The summed E-state index contributed by atoms with van der Waals surface area (Å²) in [5, 5.41) is 0.0409. The molecule has 0 fully saturated rings. The average Bonchev–Trinajstić information content (AvgIpc) is 2.75. The fourth-order valence-electron chi connectivity index (χ4n) is 1.82. The van der Waals surface area contributed by atoms with Crippen LogP contribution in [0.2, 0.25) is 0 Å². The number of halogens is 1. The van der Waals surface area contributed by atoms with Crippen LogP contribution >= 0.6 is 15.9 Å². The van der Waals surface area contributed by atoms with Crippen molar-refractivity contribution in [3.05, 3.63) is 40.8 Å². The molecule has 108 valence electrons. The van der Waals surface area contributed by atoms with Crippen molar-refractivity contribution in [3.8, 4) is 0 Å². The van der Waals surface area contributed by atoms with Crippen LogP contribution < -0.4 is 4.72 Å². The van der Waals surface area contributed by atoms with Crippen LogP contribution in [0, 0.1) is 6.92 Å². The van der Waals surface area contributed by atoms with Crippen molar-refractivity contribution in [1.82, 2.24) is 9.55 Å². The third-order valence-corrected chi connectivity index (χ3v) is 4.74. The Hall–Kier alpha value is -1.34. The zero-order valence-electron chi connectivity index (χ0n) is 11.3. The summed E-state index contributed by atoms with van der Waals surface area (Å²) < 4.78 is 29.7. The number of rotatable bonds is 5. The van der Waals surface area contributed by atoms with Crippen molar-refractivity contribution >= 4 is 31.6 Å². The van der Waals surface area contributed by atoms with Gasteiger partial charge in [0.2, 0.25) is 0 Å². The van der Waals surface area contributed by atoms with Gasteiger partial charge in [0, 0.05) is 17.2 Å². The van der Waals surface area contributed by atoms with Gasteiger partial charge in [-0.3, -0.25) is 4.72 Å². The summed E-state index contributed by atoms with van der Waals surface area (Å²) in [7, 11) is -3.67. The van der Waals surface area contributed by atoms with Gasteiger partial charge in [-0.2, -0.15) is 8.42 Å². The number of hydrogen-bond acceptors (Lipinski definition) is 3. The Bertz CT molecular complexity index is 710. The van der Waals surface area contributed by atoms with E-state index < -0.39 is 10.0 Å². The lowest BCUT2D eigenvalue weighted by molar-refractivity contribution is 0.597. The number of para-hydroxylation sites is 1. The van der Waals surface area contributed by atoms with E-state index >= 15 is 0 Å². The van der Waals surface area contributed by atoms with Crippen LogP contribution in [-0.4, -0.2) is 18.0 Å². The SMILES string of the molecule is CCCn1cc(S(=O)(=O)Nc2ccccc2Br)nc1C. The van der Waals surface area contributed by atoms with Crippen LogP contribution in [0.1, 0.15) is 19.2 Å². The number of hydrogen-bond donors (Lipinski definition) is 1. The van der Waals surface area contributed by atoms with Crippen molar-refractivity contribution in [2.45, 2.75) is 31.8 Å². The first-order chi connectivity index (χ1) is 9.44. The first-order valence-electron chi connectivity index (χ1n) is 6.25. The lowest BCUT2D eigenvalue weighted by atomic mass is 10.3. The lowest BCUT2D eigenvalue weighted by Gasteiger charge is -2.07. The molecule has 0 unspecified atom stereocenters. The molecule has 1 heterocycles. The molecule has 5 nitrogen and oxygen atoms in total. The van der Waals surface area contributed by atoms with Gasteiger partial charge in [-0.1, -0.05) is 19.1 Å². The zero-order valence-corrected chi connectivity index (χ0v) is 13.7. The minimum atomic E-state index is -3.67. The van der Waals surface area contributed by atoms with Crippen molar-refractivity contribution in [2.24, 2.45) is 0 Å². The minimum Gasteiger partial charge on any atom is -0.334 e. The molecule has 0 atom stereocenters. The number of sulfonamides is 1. The van der Waals surface area contributed by atoms with E-state index in [0.717, 1.165) is 13.0 Å². The lowest BCUT2D eigenvalue weighted by Crippen LogP contribution is -2.13. The predicted molar refractivity (Wildman–Crippen MR) is 82.2 cm³/mol. The maximum absolute atomic E-state index is 12.3. The van der Waals surface area contributed by atoms with Gasteiger partial charge < -0.3 is 4.57 Å². The summed E-state index contributed by atoms with van der Waals surface area (Å²) in [4.78, 5) is 4.12. The van der Waals surface area contributed by atoms with Crippen molar-refractivity contribution in [2.75, 3.05) is 4.72 Å². The molecule has 0 saturated heterocycles. The van der Waals surface area contributed by atoms with Crippen LogP contribution in [0.25, 0.3) is 0 Å². The van der Waals surface area contributed by atoms with Gasteiger partial charge in [0.1, 0.15) is 5.82 Å². The highest BCUT2D eigenvalue weighted by Crippen LogP contribution is 2.24. The van der Waals surface area contributed by atoms with Gasteiger partial charge in [-0.15, -0.1) is 0 Å². The minimum absolute atomic E-state index is 0.0409. The van der Waals surface area contributed by atoms with E-state index in [1.54, 1.807) is 31.3 Å². The van der Waals surface area contributed by atoms with E-state index in [-0.39, 0.29) is 5.03 Å². The number of nitrogens with zero attached hydrogens (tertiary/aromatic N) is 2. The van der Waals surface area contributed by atoms with Crippen LogP contribution in [0.15, 0.2) is 40.0 Å². The Morgan fingerprint density at radius 1 is 1.35 bits per heavy atom. The van der Waals surface area contributed by atoms with E-state index in [9.17, 15) is 8.42 Å². The van der Waals surface area contributed by atoms with E-state index in [0.29, 0.717) is 16.0 Å². The number of aromatic nitrogens is 2. The Labute approximate surface area is 127 Å². The quantitative estimate of drug-likeness (QED) is 0.893. The van der Waals surface area contributed by atoms with Gasteiger partial charge in [0.25, 0.3) is 10.0 Å². The second-order valence-electron chi connectivity index (χ2n) is 4.41. The summed E-state index contributed by atoms with van der Waals surface area (Å²) in [5.41, 5.74) is 0.496. The van der Waals surface area contributed by atoms with E-state index in [1.165, 1.54) is 0 Å². The largest absolute Gasteiger partial charge is 0.334 e. The molecule has 1 aromatic heterocycles. The molecule has 0 bridgehead atoms. The second-order valence-corrected chi connectivity index (χ2v) is 6.89. The number of benzene rings is 1. The fourth-order valence-corrected chi connectivity index (χ4v) is 3.42. The summed E-state index contributed by atoms with van der Waals surface area (Å²) in [6.45, 7) is 4.59. The van der Waals surface area contributed by atoms with Gasteiger partial charge in [-0.05, 0) is 41.4 Å². The first-order valence-corrected chi connectivity index (χ1v) is 8.53. The van der Waals surface area contributed by atoms with E-state index in [4.69, 9.17) is 0 Å². The number of imidazole rings is 1. The van der Waals surface area contributed by atoms with Crippen molar-refractivity contribution in [1.29, 1.82) is 0 Å². The topological polar surface area (TPSA) is 64.0 Å². The standard InChI is InChI=1S/C13H16BrN3O2S/c1-3-8-17-9-13(15-10(17)2)20(18,19)16-12-7-5-4-6-11(12)14/h4-7,9,16H,3,8H2,1-2H3.